The lowest BCUT2D eigenvalue weighted by molar-refractivity contribution is 0.360. The topological polar surface area (TPSA) is 118 Å². The van der Waals surface area contributed by atoms with Crippen molar-refractivity contribution < 1.29 is 23.6 Å². The van der Waals surface area contributed by atoms with Crippen LogP contribution in [0.2, 0.25) is 0 Å². The average Bonchev–Trinajstić information content (AvgIpc) is 2.08. The summed E-state index contributed by atoms with van der Waals surface area (Å²) in [5.74, 6) is 0. The molecule has 0 unspecified atom stereocenters. The van der Waals surface area contributed by atoms with Gasteiger partial charge in [0.15, 0.2) is 0 Å². The molecule has 0 amide bonds. The molecule has 5 N–H and O–H groups in total. The van der Waals surface area contributed by atoms with Gasteiger partial charge in [0.2, 0.25) is 0 Å². The number of anilines is 1. The molecule has 0 saturated carbocycles. The van der Waals surface area contributed by atoms with Crippen molar-refractivity contribution in [3.05, 3.63) is 24.3 Å². The first kappa shape index (κ1) is 16.3. The standard InChI is InChI=1S/C7H10BNO3S.2H2O/c8-6-1-3-7(4-2-6)9-5-12-13(10)11;;/h1-4,9,13H,5,8H2;2*1H2. The fraction of sp³-hybridized carbons (Fsp3) is 0.143. The van der Waals surface area contributed by atoms with Crippen LogP contribution in [0.15, 0.2) is 24.3 Å². The van der Waals surface area contributed by atoms with E-state index in [0.29, 0.717) is 0 Å². The zero-order chi connectivity index (χ0) is 9.68. The molecule has 0 aliphatic heterocycles. The van der Waals surface area contributed by atoms with Crippen molar-refractivity contribution in [1.82, 2.24) is 0 Å². The van der Waals surface area contributed by atoms with E-state index >= 15 is 0 Å². The minimum atomic E-state index is -2.77. The van der Waals surface area contributed by atoms with Gasteiger partial charge in [0.25, 0.3) is 11.0 Å². The van der Waals surface area contributed by atoms with Crippen LogP contribution in [0.4, 0.5) is 5.69 Å². The summed E-state index contributed by atoms with van der Waals surface area (Å²) in [5.41, 5.74) is 1.99. The lowest BCUT2D eigenvalue weighted by Gasteiger charge is -2.03. The molecule has 0 bridgehead atoms. The summed E-state index contributed by atoms with van der Waals surface area (Å²) in [5, 5.41) is 2.80. The molecule has 1 rings (SSSR count). The molecular weight excluding hydrogens is 221 g/mol. The van der Waals surface area contributed by atoms with E-state index in [4.69, 9.17) is 0 Å². The summed E-state index contributed by atoms with van der Waals surface area (Å²) in [7, 11) is -0.784. The molecule has 15 heavy (non-hydrogen) atoms. The Morgan fingerprint density at radius 3 is 2.20 bits per heavy atom. The van der Waals surface area contributed by atoms with Crippen LogP contribution in [-0.2, 0) is 15.2 Å². The molecule has 1 aromatic rings. The number of benzene rings is 1. The van der Waals surface area contributed by atoms with Crippen molar-refractivity contribution in [3.8, 4) is 0 Å². The summed E-state index contributed by atoms with van der Waals surface area (Å²) in [6.07, 6.45) is 0. The van der Waals surface area contributed by atoms with Crippen LogP contribution in [-0.4, -0.2) is 33.9 Å². The summed E-state index contributed by atoms with van der Waals surface area (Å²) in [4.78, 5) is 0. The van der Waals surface area contributed by atoms with Gasteiger partial charge in [0.05, 0.1) is 0 Å². The number of thiol groups is 1. The second-order valence-electron chi connectivity index (χ2n) is 2.54. The summed E-state index contributed by atoms with van der Waals surface area (Å²) in [6.45, 7) is -0.0260. The molecule has 6 nitrogen and oxygen atoms in total. The van der Waals surface area contributed by atoms with Gasteiger partial charge in [0.1, 0.15) is 14.6 Å². The summed E-state index contributed by atoms with van der Waals surface area (Å²) < 4.78 is 24.4. The number of hydrogen-bond acceptors (Lipinski definition) is 4. The van der Waals surface area contributed by atoms with Gasteiger partial charge >= 0.3 is 0 Å². The van der Waals surface area contributed by atoms with Crippen LogP contribution in [0.1, 0.15) is 0 Å². The van der Waals surface area contributed by atoms with Crippen LogP contribution in [0.3, 0.4) is 0 Å². The zero-order valence-electron chi connectivity index (χ0n) is 8.19. The Labute approximate surface area is 90.4 Å². The number of rotatable bonds is 4. The van der Waals surface area contributed by atoms with E-state index in [9.17, 15) is 8.42 Å². The van der Waals surface area contributed by atoms with E-state index in [1.54, 1.807) is 0 Å². The fourth-order valence-corrected chi connectivity index (χ4v) is 1.01. The maximum Gasteiger partial charge on any atom is 0.258 e. The summed E-state index contributed by atoms with van der Waals surface area (Å²) in [6, 6.07) is 7.58. The van der Waals surface area contributed by atoms with Gasteiger partial charge in [-0.15, -0.1) is 0 Å². The van der Waals surface area contributed by atoms with Crippen molar-refractivity contribution in [1.29, 1.82) is 0 Å². The van der Waals surface area contributed by atoms with Crippen molar-refractivity contribution in [2.45, 2.75) is 0 Å². The van der Waals surface area contributed by atoms with Gasteiger partial charge in [-0.05, 0) is 12.1 Å². The minimum Gasteiger partial charge on any atom is -0.412 e. The molecular formula is C7H14BNO5S. The highest BCUT2D eigenvalue weighted by Crippen LogP contribution is 2.02. The lowest BCUT2D eigenvalue weighted by atomic mass is 9.96. The monoisotopic (exact) mass is 235 g/mol. The Balaban J connectivity index is 0. The van der Waals surface area contributed by atoms with Gasteiger partial charge in [-0.3, -0.25) is 4.18 Å². The maximum absolute atomic E-state index is 10.0. The lowest BCUT2D eigenvalue weighted by Crippen LogP contribution is -2.06. The molecule has 0 saturated heterocycles. The first-order valence-corrected chi connectivity index (χ1v) is 4.86. The molecule has 0 atom stereocenters. The normalized spacial score (nSPS) is 8.87. The first-order valence-electron chi connectivity index (χ1n) is 3.76. The third-order valence-corrected chi connectivity index (χ3v) is 1.84. The Hall–Kier alpha value is -1.09. The molecule has 8 heteroatoms. The third kappa shape index (κ3) is 6.92. The predicted octanol–water partition coefficient (Wildman–Crippen LogP) is -2.79. The Bertz CT molecular complexity index is 332. The van der Waals surface area contributed by atoms with Crippen LogP contribution in [0.25, 0.3) is 0 Å². The summed E-state index contributed by atoms with van der Waals surface area (Å²) >= 11 is 0. The van der Waals surface area contributed by atoms with Gasteiger partial charge in [0, 0.05) is 5.69 Å². The van der Waals surface area contributed by atoms with E-state index in [2.05, 4.69) is 9.50 Å². The second-order valence-corrected chi connectivity index (χ2v) is 3.25. The Morgan fingerprint density at radius 1 is 1.20 bits per heavy atom. The molecule has 0 fully saturated rings. The molecule has 0 heterocycles. The highest BCUT2D eigenvalue weighted by Gasteiger charge is 1.90. The van der Waals surface area contributed by atoms with E-state index in [-0.39, 0.29) is 17.7 Å². The van der Waals surface area contributed by atoms with E-state index in [1.165, 1.54) is 0 Å². The van der Waals surface area contributed by atoms with Gasteiger partial charge in [-0.2, -0.15) is 0 Å². The molecule has 0 spiro atoms. The van der Waals surface area contributed by atoms with Crippen molar-refractivity contribution in [3.63, 3.8) is 0 Å². The fourth-order valence-electron chi connectivity index (χ4n) is 0.840. The van der Waals surface area contributed by atoms with E-state index < -0.39 is 11.0 Å². The predicted molar refractivity (Wildman–Crippen MR) is 61.7 cm³/mol. The van der Waals surface area contributed by atoms with Gasteiger partial charge in [-0.1, -0.05) is 17.6 Å². The van der Waals surface area contributed by atoms with E-state index in [1.807, 2.05) is 32.1 Å². The van der Waals surface area contributed by atoms with Crippen LogP contribution < -0.4 is 10.8 Å². The zero-order valence-corrected chi connectivity index (χ0v) is 9.08. The molecule has 0 radical (unpaired) electrons. The highest BCUT2D eigenvalue weighted by molar-refractivity contribution is 7.67. The SMILES string of the molecule is Bc1ccc(NCO[SH](=O)=O)cc1.O.O. The Kier molecular flexibility index (Phi) is 8.98. The van der Waals surface area contributed by atoms with Gasteiger partial charge in [-0.25, -0.2) is 8.42 Å². The number of hydrogen-bond donors (Lipinski definition) is 2. The molecule has 1 aromatic carbocycles. The third-order valence-electron chi connectivity index (χ3n) is 1.50. The van der Waals surface area contributed by atoms with Gasteiger partial charge < -0.3 is 16.3 Å². The molecule has 0 aromatic heterocycles. The van der Waals surface area contributed by atoms with Crippen LogP contribution >= 0.6 is 0 Å². The van der Waals surface area contributed by atoms with Crippen molar-refractivity contribution in [2.75, 3.05) is 12.0 Å². The van der Waals surface area contributed by atoms with Crippen molar-refractivity contribution in [2.24, 2.45) is 0 Å². The van der Waals surface area contributed by atoms with Crippen LogP contribution in [0.5, 0.6) is 0 Å². The molecule has 0 aliphatic rings. The smallest absolute Gasteiger partial charge is 0.258 e. The van der Waals surface area contributed by atoms with Crippen LogP contribution in [0, 0.1) is 0 Å². The molecule has 0 aliphatic carbocycles. The molecule has 86 valence electrons. The number of nitrogens with one attached hydrogen (secondary N) is 1. The van der Waals surface area contributed by atoms with E-state index in [0.717, 1.165) is 11.2 Å². The largest absolute Gasteiger partial charge is 0.412 e. The highest BCUT2D eigenvalue weighted by atomic mass is 32.2. The van der Waals surface area contributed by atoms with Crippen molar-refractivity contribution >= 4 is 30.0 Å². The quantitative estimate of drug-likeness (QED) is 0.333. The second kappa shape index (κ2) is 8.24. The first-order chi connectivity index (χ1) is 6.18. The minimum absolute atomic E-state index is 0. The average molecular weight is 235 g/mol. The maximum atomic E-state index is 10.0. The Morgan fingerprint density at radius 2 is 1.73 bits per heavy atom.